The summed E-state index contributed by atoms with van der Waals surface area (Å²) in [5, 5.41) is 12.1. The van der Waals surface area contributed by atoms with Crippen LogP contribution in [0.2, 0.25) is 5.02 Å². The molecular weight excluding hydrogens is 455 g/mol. The molecule has 0 saturated carbocycles. The van der Waals surface area contributed by atoms with Crippen molar-refractivity contribution in [2.75, 3.05) is 4.31 Å². The summed E-state index contributed by atoms with van der Waals surface area (Å²) in [5.74, 6) is -0.0822. The van der Waals surface area contributed by atoms with Crippen molar-refractivity contribution in [1.29, 1.82) is 0 Å². The average molecular weight is 466 g/mol. The zero-order valence-corrected chi connectivity index (χ0v) is 16.9. The number of hydrogen-bond acceptors (Lipinski definition) is 5. The molecule has 158 valence electrons. The highest BCUT2D eigenvalue weighted by molar-refractivity contribution is 7.93. The lowest BCUT2D eigenvalue weighted by Gasteiger charge is -2.19. The van der Waals surface area contributed by atoms with Crippen LogP contribution in [0.5, 0.6) is 0 Å². The summed E-state index contributed by atoms with van der Waals surface area (Å²) >= 11 is 5.75. The molecule has 1 aliphatic rings. The van der Waals surface area contributed by atoms with Crippen LogP contribution in [0.1, 0.15) is 11.4 Å². The van der Waals surface area contributed by atoms with Crippen LogP contribution in [0, 0.1) is 0 Å². The summed E-state index contributed by atoms with van der Waals surface area (Å²) in [4.78, 5) is 0.127. The number of halogens is 4. The SMILES string of the molecule is O=S1(=O)c2cccc3cccc(c23)N1Cc1nnnn1-c1ccc(Cl)cc1C(F)(F)F. The van der Waals surface area contributed by atoms with E-state index in [1.165, 1.54) is 12.1 Å². The molecule has 1 aliphatic heterocycles. The molecule has 0 saturated heterocycles. The molecule has 0 fully saturated rings. The van der Waals surface area contributed by atoms with Gasteiger partial charge in [0.2, 0.25) is 0 Å². The highest BCUT2D eigenvalue weighted by atomic mass is 35.5. The summed E-state index contributed by atoms with van der Waals surface area (Å²) in [5.41, 5.74) is -0.984. The Bertz CT molecular complexity index is 1450. The van der Waals surface area contributed by atoms with Gasteiger partial charge in [0.1, 0.15) is 0 Å². The minimum atomic E-state index is -4.72. The number of sulfonamides is 1. The molecule has 3 aromatic carbocycles. The maximum absolute atomic E-state index is 13.6. The van der Waals surface area contributed by atoms with Crippen LogP contribution in [0.4, 0.5) is 18.9 Å². The first-order valence-corrected chi connectivity index (χ1v) is 10.7. The van der Waals surface area contributed by atoms with E-state index in [4.69, 9.17) is 11.6 Å². The van der Waals surface area contributed by atoms with Gasteiger partial charge in [-0.2, -0.15) is 17.9 Å². The van der Waals surface area contributed by atoms with E-state index in [-0.39, 0.29) is 28.0 Å². The van der Waals surface area contributed by atoms with E-state index in [1.807, 2.05) is 0 Å². The molecule has 0 radical (unpaired) electrons. The van der Waals surface area contributed by atoms with Crippen molar-refractivity contribution in [2.24, 2.45) is 0 Å². The number of benzene rings is 3. The van der Waals surface area contributed by atoms with Gasteiger partial charge in [0.05, 0.1) is 28.4 Å². The molecule has 0 N–H and O–H groups in total. The maximum Gasteiger partial charge on any atom is 0.418 e. The predicted molar refractivity (Wildman–Crippen MR) is 106 cm³/mol. The van der Waals surface area contributed by atoms with Crippen LogP contribution in [0.3, 0.4) is 0 Å². The monoisotopic (exact) mass is 465 g/mol. The lowest BCUT2D eigenvalue weighted by atomic mass is 10.1. The number of hydrogen-bond donors (Lipinski definition) is 0. The molecule has 2 heterocycles. The third-order valence-corrected chi connectivity index (χ3v) is 7.03. The molecule has 5 rings (SSSR count). The Morgan fingerprint density at radius 1 is 1.00 bits per heavy atom. The van der Waals surface area contributed by atoms with Crippen LogP contribution in [0.15, 0.2) is 59.5 Å². The third-order valence-electron chi connectivity index (χ3n) is 4.99. The maximum atomic E-state index is 13.6. The van der Waals surface area contributed by atoms with E-state index >= 15 is 0 Å². The normalized spacial score (nSPS) is 15.0. The van der Waals surface area contributed by atoms with Gasteiger partial charge in [0.15, 0.2) is 5.82 Å². The Hall–Kier alpha value is -3.18. The van der Waals surface area contributed by atoms with Crippen molar-refractivity contribution in [3.63, 3.8) is 0 Å². The molecule has 0 aliphatic carbocycles. The molecule has 0 spiro atoms. The molecular formula is C19H11ClF3N5O2S. The van der Waals surface area contributed by atoms with Crippen molar-refractivity contribution in [2.45, 2.75) is 17.6 Å². The first-order valence-electron chi connectivity index (χ1n) is 8.87. The molecule has 12 heteroatoms. The summed E-state index contributed by atoms with van der Waals surface area (Å²) in [6.07, 6.45) is -4.72. The van der Waals surface area contributed by atoms with E-state index in [0.29, 0.717) is 11.1 Å². The fraction of sp³-hybridized carbons (Fsp3) is 0.105. The fourth-order valence-corrected chi connectivity index (χ4v) is 5.51. The van der Waals surface area contributed by atoms with Crippen molar-refractivity contribution in [3.05, 3.63) is 71.0 Å². The molecule has 0 amide bonds. The second-order valence-electron chi connectivity index (χ2n) is 6.81. The Morgan fingerprint density at radius 3 is 2.48 bits per heavy atom. The van der Waals surface area contributed by atoms with Gasteiger partial charge in [0.25, 0.3) is 10.0 Å². The summed E-state index contributed by atoms with van der Waals surface area (Å²) in [6, 6.07) is 13.2. The van der Waals surface area contributed by atoms with E-state index in [2.05, 4.69) is 15.5 Å². The molecule has 0 bridgehead atoms. The van der Waals surface area contributed by atoms with E-state index < -0.39 is 21.8 Å². The first-order chi connectivity index (χ1) is 14.7. The van der Waals surface area contributed by atoms with Crippen molar-refractivity contribution >= 4 is 38.1 Å². The number of tetrazole rings is 1. The Morgan fingerprint density at radius 2 is 1.74 bits per heavy atom. The third kappa shape index (κ3) is 3.03. The minimum Gasteiger partial charge on any atom is -0.258 e. The predicted octanol–water partition coefficient (Wildman–Crippen LogP) is 4.20. The highest BCUT2D eigenvalue weighted by Gasteiger charge is 2.38. The van der Waals surface area contributed by atoms with Crippen LogP contribution < -0.4 is 4.31 Å². The Balaban J connectivity index is 1.63. The van der Waals surface area contributed by atoms with E-state index in [0.717, 1.165) is 26.5 Å². The number of alkyl halides is 3. The zero-order chi connectivity index (χ0) is 22.0. The van der Waals surface area contributed by atoms with Crippen LogP contribution in [-0.4, -0.2) is 28.6 Å². The second kappa shape index (κ2) is 6.66. The molecule has 4 aromatic rings. The van der Waals surface area contributed by atoms with Gasteiger partial charge in [-0.1, -0.05) is 35.9 Å². The zero-order valence-electron chi connectivity index (χ0n) is 15.4. The first kappa shape index (κ1) is 19.8. The lowest BCUT2D eigenvalue weighted by Crippen LogP contribution is -2.28. The fourth-order valence-electron chi connectivity index (χ4n) is 3.67. The number of nitrogens with zero attached hydrogens (tertiary/aromatic N) is 5. The van der Waals surface area contributed by atoms with Gasteiger partial charge in [-0.3, -0.25) is 4.31 Å². The number of aromatic nitrogens is 4. The van der Waals surface area contributed by atoms with Crippen LogP contribution in [0.25, 0.3) is 16.5 Å². The highest BCUT2D eigenvalue weighted by Crippen LogP contribution is 2.43. The molecule has 7 nitrogen and oxygen atoms in total. The molecule has 1 aromatic heterocycles. The smallest absolute Gasteiger partial charge is 0.258 e. The second-order valence-corrected chi connectivity index (χ2v) is 9.08. The van der Waals surface area contributed by atoms with Crippen LogP contribution >= 0.6 is 11.6 Å². The lowest BCUT2D eigenvalue weighted by molar-refractivity contribution is -0.137. The van der Waals surface area contributed by atoms with Gasteiger partial charge in [-0.15, -0.1) is 5.10 Å². The standard InChI is InChI=1S/C19H11ClF3N5O2S/c20-12-7-8-14(13(9-12)19(21,22)23)28-17(24-25-26-28)10-27-15-5-1-3-11-4-2-6-16(18(11)15)31(27,29)30/h1-9H,10H2. The average Bonchev–Trinajstić information content (AvgIpc) is 3.26. The van der Waals surface area contributed by atoms with Gasteiger partial charge in [-0.05, 0) is 46.1 Å². The van der Waals surface area contributed by atoms with Crippen molar-refractivity contribution in [1.82, 2.24) is 20.2 Å². The number of anilines is 1. The Kier molecular flexibility index (Phi) is 4.25. The van der Waals surface area contributed by atoms with Gasteiger partial charge < -0.3 is 0 Å². The summed E-state index contributed by atoms with van der Waals surface area (Å²) in [6.45, 7) is -0.358. The Labute approximate surface area is 178 Å². The summed E-state index contributed by atoms with van der Waals surface area (Å²) in [7, 11) is -3.94. The van der Waals surface area contributed by atoms with Crippen LogP contribution in [-0.2, 0) is 22.7 Å². The topological polar surface area (TPSA) is 81.0 Å². The molecule has 31 heavy (non-hydrogen) atoms. The minimum absolute atomic E-state index is 0.0822. The van der Waals surface area contributed by atoms with Gasteiger partial charge in [0, 0.05) is 10.4 Å². The molecule has 0 unspecified atom stereocenters. The van der Waals surface area contributed by atoms with Gasteiger partial charge in [-0.25, -0.2) is 8.42 Å². The van der Waals surface area contributed by atoms with Gasteiger partial charge >= 0.3 is 6.18 Å². The van der Waals surface area contributed by atoms with E-state index in [9.17, 15) is 21.6 Å². The van der Waals surface area contributed by atoms with Crippen molar-refractivity contribution in [3.8, 4) is 5.69 Å². The van der Waals surface area contributed by atoms with Crippen molar-refractivity contribution < 1.29 is 21.6 Å². The van der Waals surface area contributed by atoms with E-state index in [1.54, 1.807) is 30.3 Å². The number of rotatable bonds is 3. The quantitative estimate of drug-likeness (QED) is 0.453. The summed E-state index contributed by atoms with van der Waals surface area (Å²) < 4.78 is 69.0. The molecule has 0 atom stereocenters. The largest absolute Gasteiger partial charge is 0.418 e.